The Hall–Kier alpha value is -1.75. The summed E-state index contributed by atoms with van der Waals surface area (Å²) in [6.07, 6.45) is 0.116. The average molecular weight is 298 g/mol. The summed E-state index contributed by atoms with van der Waals surface area (Å²) in [5, 5.41) is 3.13. The normalized spacial score (nSPS) is 10.7. The summed E-state index contributed by atoms with van der Waals surface area (Å²) in [6, 6.07) is 4.45. The SMILES string of the molecule is CCNc1nc(Cc2c(F)cccc2Cl)nc(C)c1F. The predicted octanol–water partition coefficient (Wildman–Crippen LogP) is 3.74. The number of nitrogens with zero attached hydrogens (tertiary/aromatic N) is 2. The lowest BCUT2D eigenvalue weighted by Crippen LogP contribution is -2.09. The summed E-state index contributed by atoms with van der Waals surface area (Å²) in [6.45, 7) is 3.92. The lowest BCUT2D eigenvalue weighted by Gasteiger charge is -2.10. The van der Waals surface area contributed by atoms with Crippen LogP contribution in [0.25, 0.3) is 0 Å². The van der Waals surface area contributed by atoms with E-state index in [0.717, 1.165) is 0 Å². The highest BCUT2D eigenvalue weighted by atomic mass is 35.5. The highest BCUT2D eigenvalue weighted by Crippen LogP contribution is 2.22. The fourth-order valence-corrected chi connectivity index (χ4v) is 2.07. The molecule has 0 radical (unpaired) electrons. The maximum absolute atomic E-state index is 13.8. The first kappa shape index (κ1) is 14.7. The van der Waals surface area contributed by atoms with Crippen LogP contribution in [0.4, 0.5) is 14.6 Å². The summed E-state index contributed by atoms with van der Waals surface area (Å²) >= 11 is 5.97. The smallest absolute Gasteiger partial charge is 0.186 e. The van der Waals surface area contributed by atoms with Crippen molar-refractivity contribution < 1.29 is 8.78 Å². The molecule has 0 aliphatic heterocycles. The molecule has 0 aliphatic rings. The molecule has 6 heteroatoms. The molecule has 1 aromatic heterocycles. The van der Waals surface area contributed by atoms with Crippen molar-refractivity contribution in [2.75, 3.05) is 11.9 Å². The molecule has 0 aliphatic carbocycles. The molecule has 0 spiro atoms. The second-order valence-electron chi connectivity index (χ2n) is 4.30. The van der Waals surface area contributed by atoms with Crippen LogP contribution in [0.3, 0.4) is 0 Å². The van der Waals surface area contributed by atoms with Gasteiger partial charge in [0.2, 0.25) is 0 Å². The number of nitrogens with one attached hydrogen (secondary N) is 1. The summed E-state index contributed by atoms with van der Waals surface area (Å²) in [7, 11) is 0. The second kappa shape index (κ2) is 6.13. The molecule has 0 amide bonds. The van der Waals surface area contributed by atoms with Gasteiger partial charge in [-0.05, 0) is 26.0 Å². The maximum Gasteiger partial charge on any atom is 0.186 e. The number of aryl methyl sites for hydroxylation is 1. The van der Waals surface area contributed by atoms with Gasteiger partial charge >= 0.3 is 0 Å². The van der Waals surface area contributed by atoms with E-state index in [2.05, 4.69) is 15.3 Å². The second-order valence-corrected chi connectivity index (χ2v) is 4.70. The standard InChI is InChI=1S/C14H14ClF2N3/c1-3-18-14-13(17)8(2)19-12(20-14)7-9-10(15)5-4-6-11(9)16/h4-6H,3,7H2,1-2H3,(H,18,19,20). The highest BCUT2D eigenvalue weighted by molar-refractivity contribution is 6.31. The lowest BCUT2D eigenvalue weighted by molar-refractivity contribution is 0.596. The Morgan fingerprint density at radius 2 is 2.00 bits per heavy atom. The van der Waals surface area contributed by atoms with Gasteiger partial charge in [-0.15, -0.1) is 0 Å². The van der Waals surface area contributed by atoms with E-state index in [4.69, 9.17) is 11.6 Å². The fraction of sp³-hybridized carbons (Fsp3) is 0.286. The molecule has 0 atom stereocenters. The Kier molecular flexibility index (Phi) is 4.49. The number of halogens is 3. The van der Waals surface area contributed by atoms with Crippen LogP contribution in [0.5, 0.6) is 0 Å². The summed E-state index contributed by atoms with van der Waals surface area (Å²) < 4.78 is 27.5. The molecular weight excluding hydrogens is 284 g/mol. The van der Waals surface area contributed by atoms with Gasteiger partial charge in [-0.1, -0.05) is 17.7 Å². The van der Waals surface area contributed by atoms with E-state index in [-0.39, 0.29) is 17.9 Å². The molecule has 20 heavy (non-hydrogen) atoms. The van der Waals surface area contributed by atoms with Gasteiger partial charge in [0.1, 0.15) is 11.6 Å². The van der Waals surface area contributed by atoms with E-state index in [0.29, 0.717) is 23.0 Å². The minimum atomic E-state index is -0.491. The third-order valence-electron chi connectivity index (χ3n) is 2.80. The Balaban J connectivity index is 2.39. The number of hydrogen-bond donors (Lipinski definition) is 1. The van der Waals surface area contributed by atoms with Gasteiger partial charge < -0.3 is 5.32 Å². The van der Waals surface area contributed by atoms with E-state index in [1.807, 2.05) is 6.92 Å². The van der Waals surface area contributed by atoms with Crippen molar-refractivity contribution >= 4 is 17.4 Å². The van der Waals surface area contributed by atoms with Crippen LogP contribution in [0, 0.1) is 18.6 Å². The molecule has 1 aromatic carbocycles. The third-order valence-corrected chi connectivity index (χ3v) is 3.16. The molecule has 2 rings (SSSR count). The summed E-state index contributed by atoms with van der Waals surface area (Å²) in [5.41, 5.74) is 0.529. The van der Waals surface area contributed by atoms with E-state index in [9.17, 15) is 8.78 Å². The molecule has 0 fully saturated rings. The van der Waals surface area contributed by atoms with Gasteiger partial charge in [0.15, 0.2) is 11.6 Å². The van der Waals surface area contributed by atoms with Crippen molar-refractivity contribution in [1.82, 2.24) is 9.97 Å². The first-order chi connectivity index (χ1) is 9.52. The van der Waals surface area contributed by atoms with Gasteiger partial charge in [-0.3, -0.25) is 0 Å². The van der Waals surface area contributed by atoms with Gasteiger partial charge in [0.05, 0.1) is 5.69 Å². The van der Waals surface area contributed by atoms with E-state index >= 15 is 0 Å². The molecule has 2 aromatic rings. The van der Waals surface area contributed by atoms with Crippen molar-refractivity contribution in [2.24, 2.45) is 0 Å². The van der Waals surface area contributed by atoms with Crippen molar-refractivity contribution in [3.8, 4) is 0 Å². The average Bonchev–Trinajstić information content (AvgIpc) is 2.40. The quantitative estimate of drug-likeness (QED) is 0.934. The van der Waals surface area contributed by atoms with Crippen LogP contribution in [0.2, 0.25) is 5.02 Å². The topological polar surface area (TPSA) is 37.8 Å². The van der Waals surface area contributed by atoms with Crippen molar-refractivity contribution in [3.63, 3.8) is 0 Å². The van der Waals surface area contributed by atoms with E-state index in [1.165, 1.54) is 12.1 Å². The number of rotatable bonds is 4. The predicted molar refractivity (Wildman–Crippen MR) is 75.1 cm³/mol. The third kappa shape index (κ3) is 3.04. The lowest BCUT2D eigenvalue weighted by atomic mass is 10.1. The largest absolute Gasteiger partial charge is 0.368 e. The Labute approximate surface area is 121 Å². The molecule has 0 bridgehead atoms. The molecular formula is C14H14ClF2N3. The fourth-order valence-electron chi connectivity index (χ4n) is 1.84. The van der Waals surface area contributed by atoms with Crippen molar-refractivity contribution in [2.45, 2.75) is 20.3 Å². The zero-order chi connectivity index (χ0) is 14.7. The van der Waals surface area contributed by atoms with E-state index in [1.54, 1.807) is 13.0 Å². The molecule has 3 nitrogen and oxygen atoms in total. The Morgan fingerprint density at radius 1 is 1.25 bits per heavy atom. The summed E-state index contributed by atoms with van der Waals surface area (Å²) in [4.78, 5) is 8.12. The van der Waals surface area contributed by atoms with Gasteiger partial charge in [0, 0.05) is 23.6 Å². The summed E-state index contributed by atoms with van der Waals surface area (Å²) in [5.74, 6) is -0.461. The first-order valence-corrected chi connectivity index (χ1v) is 6.60. The van der Waals surface area contributed by atoms with Gasteiger partial charge in [-0.25, -0.2) is 18.7 Å². The minimum Gasteiger partial charge on any atom is -0.368 e. The van der Waals surface area contributed by atoms with Crippen LogP contribution in [-0.4, -0.2) is 16.5 Å². The Morgan fingerprint density at radius 3 is 2.65 bits per heavy atom. The monoisotopic (exact) mass is 297 g/mol. The van der Waals surface area contributed by atoms with Crippen molar-refractivity contribution in [3.05, 3.63) is 51.9 Å². The molecule has 0 saturated carbocycles. The van der Waals surface area contributed by atoms with Crippen LogP contribution < -0.4 is 5.32 Å². The number of hydrogen-bond acceptors (Lipinski definition) is 3. The molecule has 1 N–H and O–H groups in total. The van der Waals surface area contributed by atoms with Crippen LogP contribution in [-0.2, 0) is 6.42 Å². The van der Waals surface area contributed by atoms with Crippen molar-refractivity contribution in [1.29, 1.82) is 0 Å². The van der Waals surface area contributed by atoms with Gasteiger partial charge in [0.25, 0.3) is 0 Å². The number of benzene rings is 1. The first-order valence-electron chi connectivity index (χ1n) is 6.22. The minimum absolute atomic E-state index is 0.116. The highest BCUT2D eigenvalue weighted by Gasteiger charge is 2.14. The van der Waals surface area contributed by atoms with Crippen LogP contribution in [0.15, 0.2) is 18.2 Å². The van der Waals surface area contributed by atoms with Gasteiger partial charge in [-0.2, -0.15) is 0 Å². The maximum atomic E-state index is 13.8. The molecule has 0 saturated heterocycles. The van der Waals surface area contributed by atoms with E-state index < -0.39 is 11.6 Å². The Bertz CT molecular complexity index is 612. The number of anilines is 1. The van der Waals surface area contributed by atoms with Crippen LogP contribution in [0.1, 0.15) is 24.0 Å². The zero-order valence-corrected chi connectivity index (χ0v) is 11.9. The molecule has 0 unspecified atom stereocenters. The number of aromatic nitrogens is 2. The molecule has 106 valence electrons. The van der Waals surface area contributed by atoms with Crippen LogP contribution >= 0.6 is 11.6 Å². The zero-order valence-electron chi connectivity index (χ0n) is 11.2. The molecule has 1 heterocycles.